The van der Waals surface area contributed by atoms with Crippen molar-refractivity contribution >= 4 is 16.6 Å². The van der Waals surface area contributed by atoms with Crippen molar-refractivity contribution in [3.8, 4) is 5.75 Å². The van der Waals surface area contributed by atoms with Gasteiger partial charge in [0, 0.05) is 12.1 Å². The molecule has 0 bridgehead atoms. The number of rotatable bonds is 4. The second kappa shape index (κ2) is 5.99. The van der Waals surface area contributed by atoms with Gasteiger partial charge < -0.3 is 9.15 Å². The highest BCUT2D eigenvalue weighted by atomic mass is 16.6. The van der Waals surface area contributed by atoms with Gasteiger partial charge in [0.05, 0.1) is 29.5 Å². The first-order chi connectivity index (χ1) is 11.5. The maximum absolute atomic E-state index is 12.1. The largest absolute Gasteiger partial charge is 0.497 e. The molecule has 0 spiro atoms. The highest BCUT2D eigenvalue weighted by Crippen LogP contribution is 2.19. The minimum atomic E-state index is -0.871. The van der Waals surface area contributed by atoms with Gasteiger partial charge in [0.25, 0.3) is 5.69 Å². The molecule has 24 heavy (non-hydrogen) atoms. The third-order valence-electron chi connectivity index (χ3n) is 3.60. The summed E-state index contributed by atoms with van der Waals surface area (Å²) in [7, 11) is 1.54. The lowest BCUT2D eigenvalue weighted by Crippen LogP contribution is -2.25. The molecule has 3 rings (SSSR count). The normalized spacial score (nSPS) is 10.7. The maximum Gasteiger partial charge on any atom is 0.422 e. The lowest BCUT2D eigenvalue weighted by atomic mass is 10.2. The van der Waals surface area contributed by atoms with Crippen molar-refractivity contribution in [3.05, 3.63) is 79.1 Å². The fraction of sp³-hybridized carbons (Fsp3) is 0.125. The van der Waals surface area contributed by atoms with E-state index in [0.29, 0.717) is 5.75 Å². The van der Waals surface area contributed by atoms with Gasteiger partial charge in [-0.1, -0.05) is 12.1 Å². The molecular weight excluding hydrogens is 316 g/mol. The molecule has 8 heteroatoms. The predicted molar refractivity (Wildman–Crippen MR) is 85.5 cm³/mol. The number of ether oxygens (including phenoxy) is 1. The van der Waals surface area contributed by atoms with E-state index in [1.54, 1.807) is 24.3 Å². The molecule has 3 aromatic rings. The van der Waals surface area contributed by atoms with Crippen molar-refractivity contribution in [2.24, 2.45) is 0 Å². The van der Waals surface area contributed by atoms with E-state index in [2.05, 4.69) is 0 Å². The van der Waals surface area contributed by atoms with Crippen molar-refractivity contribution in [2.75, 3.05) is 7.11 Å². The van der Waals surface area contributed by atoms with Crippen LogP contribution in [0.2, 0.25) is 0 Å². The molecule has 0 N–H and O–H groups in total. The van der Waals surface area contributed by atoms with Gasteiger partial charge in [-0.3, -0.25) is 14.7 Å². The SMILES string of the molecule is COc1ccc(Cn2c(=O)oc(=O)c3ccc([N+](=O)[O-])cc32)cc1. The highest BCUT2D eigenvalue weighted by Gasteiger charge is 2.14. The first-order valence-corrected chi connectivity index (χ1v) is 6.94. The summed E-state index contributed by atoms with van der Waals surface area (Å²) in [5.41, 5.74) is -0.132. The van der Waals surface area contributed by atoms with E-state index in [9.17, 15) is 19.7 Å². The molecule has 8 nitrogen and oxygen atoms in total. The average molecular weight is 328 g/mol. The zero-order chi connectivity index (χ0) is 17.3. The summed E-state index contributed by atoms with van der Waals surface area (Å²) in [6, 6.07) is 10.6. The van der Waals surface area contributed by atoms with Crippen molar-refractivity contribution < 1.29 is 14.1 Å². The number of hydrogen-bond acceptors (Lipinski definition) is 6. The molecular formula is C16H12N2O6. The van der Waals surface area contributed by atoms with E-state index >= 15 is 0 Å². The van der Waals surface area contributed by atoms with E-state index < -0.39 is 16.3 Å². The van der Waals surface area contributed by atoms with E-state index in [4.69, 9.17) is 9.15 Å². The third kappa shape index (κ3) is 2.76. The number of non-ortho nitro benzene ring substituents is 1. The topological polar surface area (TPSA) is 105 Å². The number of nitrogens with zero attached hydrogens (tertiary/aromatic N) is 2. The Kier molecular flexibility index (Phi) is 3.87. The molecule has 1 aromatic heterocycles. The van der Waals surface area contributed by atoms with Crippen LogP contribution >= 0.6 is 0 Å². The van der Waals surface area contributed by atoms with Gasteiger partial charge in [-0.05, 0) is 23.8 Å². The van der Waals surface area contributed by atoms with E-state index in [-0.39, 0.29) is 23.1 Å². The van der Waals surface area contributed by atoms with Crippen molar-refractivity contribution in [1.82, 2.24) is 4.57 Å². The molecule has 0 aliphatic carbocycles. The molecule has 0 fully saturated rings. The molecule has 0 saturated carbocycles. The number of methoxy groups -OCH3 is 1. The summed E-state index contributed by atoms with van der Waals surface area (Å²) in [6.45, 7) is 0.101. The lowest BCUT2D eigenvalue weighted by Gasteiger charge is -2.09. The zero-order valence-corrected chi connectivity index (χ0v) is 12.6. The van der Waals surface area contributed by atoms with Gasteiger partial charge in [0.1, 0.15) is 5.75 Å². The van der Waals surface area contributed by atoms with E-state index in [0.717, 1.165) is 5.56 Å². The fourth-order valence-electron chi connectivity index (χ4n) is 2.38. The van der Waals surface area contributed by atoms with Crippen LogP contribution in [0.4, 0.5) is 5.69 Å². The summed E-state index contributed by atoms with van der Waals surface area (Å²) in [4.78, 5) is 34.2. The van der Waals surface area contributed by atoms with Crippen LogP contribution in [0.3, 0.4) is 0 Å². The Hall–Kier alpha value is -3.42. The van der Waals surface area contributed by atoms with Gasteiger partial charge in [-0.2, -0.15) is 0 Å². The second-order valence-electron chi connectivity index (χ2n) is 5.05. The smallest absolute Gasteiger partial charge is 0.422 e. The summed E-state index contributed by atoms with van der Waals surface area (Å²) in [6.07, 6.45) is 0. The van der Waals surface area contributed by atoms with Gasteiger partial charge in [-0.15, -0.1) is 0 Å². The molecule has 0 saturated heterocycles. The molecule has 0 amide bonds. The number of nitro benzene ring substituents is 1. The zero-order valence-electron chi connectivity index (χ0n) is 12.6. The highest BCUT2D eigenvalue weighted by molar-refractivity contribution is 5.80. The van der Waals surface area contributed by atoms with Crippen LogP contribution in [0.5, 0.6) is 5.75 Å². The lowest BCUT2D eigenvalue weighted by molar-refractivity contribution is -0.384. The molecule has 122 valence electrons. The summed E-state index contributed by atoms with van der Waals surface area (Å²) < 4.78 is 11.0. The summed E-state index contributed by atoms with van der Waals surface area (Å²) >= 11 is 0. The van der Waals surface area contributed by atoms with Crippen LogP contribution in [0.15, 0.2) is 56.5 Å². The number of nitro groups is 1. The maximum atomic E-state index is 12.1. The van der Waals surface area contributed by atoms with Crippen LogP contribution in [-0.4, -0.2) is 16.6 Å². The van der Waals surface area contributed by atoms with Crippen LogP contribution in [-0.2, 0) is 6.54 Å². The number of fused-ring (bicyclic) bond motifs is 1. The Morgan fingerprint density at radius 3 is 2.50 bits per heavy atom. The van der Waals surface area contributed by atoms with E-state index in [1.807, 2.05) is 0 Å². The molecule has 0 unspecified atom stereocenters. The number of hydrogen-bond donors (Lipinski definition) is 0. The Bertz CT molecular complexity index is 1030. The quantitative estimate of drug-likeness (QED) is 0.535. The number of benzene rings is 2. The molecule has 1 heterocycles. The van der Waals surface area contributed by atoms with Gasteiger partial charge >= 0.3 is 11.4 Å². The Morgan fingerprint density at radius 2 is 1.88 bits per heavy atom. The standard InChI is InChI=1S/C16H12N2O6/c1-23-12-5-2-10(3-6-12)9-17-14-8-11(18(21)22)4-7-13(14)15(19)24-16(17)20/h2-8H,9H2,1H3. The van der Waals surface area contributed by atoms with Crippen LogP contribution in [0.25, 0.3) is 10.9 Å². The Labute approximate surface area is 134 Å². The molecule has 0 aliphatic heterocycles. The van der Waals surface area contributed by atoms with E-state index in [1.165, 1.54) is 29.9 Å². The number of aromatic nitrogens is 1. The second-order valence-corrected chi connectivity index (χ2v) is 5.05. The predicted octanol–water partition coefficient (Wildman–Crippen LogP) is 1.92. The molecule has 0 aliphatic rings. The van der Waals surface area contributed by atoms with Gasteiger partial charge in [0.2, 0.25) is 0 Å². The van der Waals surface area contributed by atoms with Crippen molar-refractivity contribution in [3.63, 3.8) is 0 Å². The minimum Gasteiger partial charge on any atom is -0.497 e. The van der Waals surface area contributed by atoms with Gasteiger partial charge in [0.15, 0.2) is 0 Å². The molecule has 2 aromatic carbocycles. The van der Waals surface area contributed by atoms with Crippen molar-refractivity contribution in [1.29, 1.82) is 0 Å². The van der Waals surface area contributed by atoms with Gasteiger partial charge in [-0.25, -0.2) is 9.59 Å². The van der Waals surface area contributed by atoms with Crippen molar-refractivity contribution in [2.45, 2.75) is 6.54 Å². The fourth-order valence-corrected chi connectivity index (χ4v) is 2.38. The Morgan fingerprint density at radius 1 is 1.17 bits per heavy atom. The van der Waals surface area contributed by atoms with Crippen LogP contribution < -0.4 is 16.1 Å². The Balaban J connectivity index is 2.17. The third-order valence-corrected chi connectivity index (χ3v) is 3.60. The molecule has 0 atom stereocenters. The average Bonchev–Trinajstić information content (AvgIpc) is 2.58. The summed E-state index contributed by atoms with van der Waals surface area (Å²) in [5, 5.41) is 11.1. The molecule has 0 radical (unpaired) electrons. The minimum absolute atomic E-state index is 0.101. The van der Waals surface area contributed by atoms with Crippen LogP contribution in [0, 0.1) is 10.1 Å². The monoisotopic (exact) mass is 328 g/mol. The van der Waals surface area contributed by atoms with Crippen LogP contribution in [0.1, 0.15) is 5.56 Å². The summed E-state index contributed by atoms with van der Waals surface area (Å²) in [5.74, 6) is -0.213. The first-order valence-electron chi connectivity index (χ1n) is 6.94. The first kappa shape index (κ1) is 15.5.